The molecule has 0 saturated carbocycles. The summed E-state index contributed by atoms with van der Waals surface area (Å²) in [7, 11) is 0. The fraction of sp³-hybridized carbons (Fsp3) is 0.250. The van der Waals surface area contributed by atoms with Crippen LogP contribution in [0.25, 0.3) is 11.5 Å². The van der Waals surface area contributed by atoms with Crippen LogP contribution in [-0.4, -0.2) is 33.6 Å². The van der Waals surface area contributed by atoms with Crippen molar-refractivity contribution in [1.82, 2.24) is 4.98 Å². The molecule has 1 heterocycles. The molecule has 1 N–H and O–H groups in total. The molecule has 1 atom stereocenters. The van der Waals surface area contributed by atoms with Crippen molar-refractivity contribution in [2.24, 2.45) is 4.99 Å². The summed E-state index contributed by atoms with van der Waals surface area (Å²) < 4.78 is 5.86. The number of hydrogen-bond donors (Lipinski definition) is 1. The van der Waals surface area contributed by atoms with E-state index in [1.54, 1.807) is 31.2 Å². The zero-order valence-electron chi connectivity index (χ0n) is 21.8. The van der Waals surface area contributed by atoms with Crippen LogP contribution < -0.4 is 0 Å². The molecule has 0 aliphatic rings. The quantitative estimate of drug-likeness (QED) is 0.173. The first-order valence-electron chi connectivity index (χ1n) is 12.8. The summed E-state index contributed by atoms with van der Waals surface area (Å²) in [6.07, 6.45) is 3.00. The second kappa shape index (κ2) is 12.8. The third kappa shape index (κ3) is 7.35. The van der Waals surface area contributed by atoms with Crippen LogP contribution in [0.4, 0.5) is 0 Å². The number of ketones is 1. The Balaban J connectivity index is 1.30. The number of aliphatic carboxylic acids is 1. The first-order valence-corrected chi connectivity index (χ1v) is 12.8. The van der Waals surface area contributed by atoms with Gasteiger partial charge in [-0.25, -0.2) is 9.78 Å². The fourth-order valence-corrected chi connectivity index (χ4v) is 4.35. The summed E-state index contributed by atoms with van der Waals surface area (Å²) in [6, 6.07) is 25.9. The van der Waals surface area contributed by atoms with Gasteiger partial charge in [0.2, 0.25) is 5.89 Å². The Labute approximate surface area is 223 Å². The molecule has 0 fully saturated rings. The minimum absolute atomic E-state index is 0.0718. The largest absolute Gasteiger partial charge is 0.480 e. The molecule has 0 aliphatic carbocycles. The number of nitrogens with zero attached hydrogens (tertiary/aromatic N) is 2. The lowest BCUT2D eigenvalue weighted by Gasteiger charge is -2.11. The number of aliphatic imine (C=N–C) groups is 1. The molecule has 1 aromatic heterocycles. The highest BCUT2D eigenvalue weighted by molar-refractivity contribution is 6.09. The van der Waals surface area contributed by atoms with E-state index >= 15 is 0 Å². The van der Waals surface area contributed by atoms with Crippen LogP contribution >= 0.6 is 0 Å². The molecule has 0 bridgehead atoms. The van der Waals surface area contributed by atoms with Crippen molar-refractivity contribution in [3.63, 3.8) is 0 Å². The minimum Gasteiger partial charge on any atom is -0.480 e. The Hall–Kier alpha value is -4.32. The Morgan fingerprint density at radius 1 is 0.895 bits per heavy atom. The minimum atomic E-state index is -1.00. The smallest absolute Gasteiger partial charge is 0.328 e. The SMILES string of the molecule is CC(CC(=O)c1ccccc1)=N[C@@H](Cc1ccc(CCCc2nc(-c3ccccc3)oc2C)cc1)C(=O)O. The number of benzene rings is 3. The molecular formula is C32H32N2O4. The van der Waals surface area contributed by atoms with E-state index in [2.05, 4.69) is 9.98 Å². The number of Topliss-reactive ketones (excluding diaryl/α,β-unsaturated/α-hetero) is 1. The van der Waals surface area contributed by atoms with E-state index in [-0.39, 0.29) is 18.6 Å². The van der Waals surface area contributed by atoms with Gasteiger partial charge in [0.25, 0.3) is 0 Å². The topological polar surface area (TPSA) is 92.8 Å². The van der Waals surface area contributed by atoms with E-state index in [4.69, 9.17) is 4.42 Å². The third-order valence-corrected chi connectivity index (χ3v) is 6.42. The predicted molar refractivity (Wildman–Crippen MR) is 149 cm³/mol. The number of rotatable bonds is 12. The van der Waals surface area contributed by atoms with Gasteiger partial charge in [-0.2, -0.15) is 0 Å². The zero-order chi connectivity index (χ0) is 26.9. The maximum atomic E-state index is 12.4. The number of carboxylic acid groups (broad SMARTS) is 1. The van der Waals surface area contributed by atoms with Gasteiger partial charge in [-0.1, -0.05) is 72.8 Å². The molecule has 0 radical (unpaired) electrons. The standard InChI is InChI=1S/C32H32N2O4/c1-22(20-30(35)26-11-5-3-6-12-26)33-29(32(36)37)21-25-18-16-24(17-19-25)10-9-15-28-23(2)38-31(34-28)27-13-7-4-8-14-27/h3-8,11-14,16-19,29H,9-10,15,20-21H2,1-2H3,(H,36,37)/t29-/m0/s1. The summed E-state index contributed by atoms with van der Waals surface area (Å²) in [6.45, 7) is 3.66. The van der Waals surface area contributed by atoms with Crippen molar-refractivity contribution < 1.29 is 19.1 Å². The zero-order valence-corrected chi connectivity index (χ0v) is 21.8. The van der Waals surface area contributed by atoms with Gasteiger partial charge in [-0.05, 0) is 56.4 Å². The van der Waals surface area contributed by atoms with Gasteiger partial charge in [-0.15, -0.1) is 0 Å². The fourth-order valence-electron chi connectivity index (χ4n) is 4.35. The molecule has 0 aliphatic heterocycles. The van der Waals surface area contributed by atoms with Gasteiger partial charge >= 0.3 is 5.97 Å². The molecule has 194 valence electrons. The Morgan fingerprint density at radius 2 is 1.53 bits per heavy atom. The summed E-state index contributed by atoms with van der Waals surface area (Å²) in [5.74, 6) is 0.425. The maximum absolute atomic E-state index is 12.4. The lowest BCUT2D eigenvalue weighted by molar-refractivity contribution is -0.138. The average Bonchev–Trinajstić information content (AvgIpc) is 3.30. The molecule has 4 aromatic rings. The van der Waals surface area contributed by atoms with Crippen LogP contribution in [0, 0.1) is 6.92 Å². The highest BCUT2D eigenvalue weighted by Crippen LogP contribution is 2.22. The van der Waals surface area contributed by atoms with Gasteiger partial charge in [0.15, 0.2) is 11.8 Å². The number of oxazole rings is 1. The van der Waals surface area contributed by atoms with Gasteiger partial charge in [-0.3, -0.25) is 9.79 Å². The van der Waals surface area contributed by atoms with Gasteiger partial charge < -0.3 is 9.52 Å². The van der Waals surface area contributed by atoms with Crippen molar-refractivity contribution in [3.05, 3.63) is 113 Å². The second-order valence-electron chi connectivity index (χ2n) is 9.45. The molecular weight excluding hydrogens is 476 g/mol. The Morgan fingerprint density at radius 3 is 2.18 bits per heavy atom. The molecule has 0 spiro atoms. The molecule has 0 unspecified atom stereocenters. The van der Waals surface area contributed by atoms with Crippen LogP contribution in [0.2, 0.25) is 0 Å². The molecule has 6 nitrogen and oxygen atoms in total. The van der Waals surface area contributed by atoms with Crippen LogP contribution in [0.1, 0.15) is 52.7 Å². The van der Waals surface area contributed by atoms with E-state index < -0.39 is 12.0 Å². The van der Waals surface area contributed by atoms with E-state index in [9.17, 15) is 14.7 Å². The van der Waals surface area contributed by atoms with Crippen molar-refractivity contribution in [3.8, 4) is 11.5 Å². The third-order valence-electron chi connectivity index (χ3n) is 6.42. The predicted octanol–water partition coefficient (Wildman–Crippen LogP) is 6.55. The van der Waals surface area contributed by atoms with Crippen molar-refractivity contribution >= 4 is 17.5 Å². The van der Waals surface area contributed by atoms with Crippen LogP contribution in [0.15, 0.2) is 94.3 Å². The lowest BCUT2D eigenvalue weighted by atomic mass is 10.0. The molecule has 6 heteroatoms. The van der Waals surface area contributed by atoms with Gasteiger partial charge in [0.05, 0.1) is 5.69 Å². The van der Waals surface area contributed by atoms with Crippen LogP contribution in [0.3, 0.4) is 0 Å². The van der Waals surface area contributed by atoms with Crippen molar-refractivity contribution in [1.29, 1.82) is 0 Å². The highest BCUT2D eigenvalue weighted by Gasteiger charge is 2.18. The first kappa shape index (κ1) is 26.7. The van der Waals surface area contributed by atoms with Gasteiger partial charge in [0, 0.05) is 29.7 Å². The van der Waals surface area contributed by atoms with Crippen molar-refractivity contribution in [2.45, 2.75) is 52.0 Å². The number of hydrogen-bond acceptors (Lipinski definition) is 5. The van der Waals surface area contributed by atoms with E-state index in [0.29, 0.717) is 17.2 Å². The van der Waals surface area contributed by atoms with E-state index in [1.165, 1.54) is 5.56 Å². The maximum Gasteiger partial charge on any atom is 0.328 e. The second-order valence-corrected chi connectivity index (χ2v) is 9.45. The molecule has 4 rings (SSSR count). The number of carboxylic acids is 1. The molecule has 0 amide bonds. The average molecular weight is 509 g/mol. The number of carbonyl (C=O) groups is 2. The van der Waals surface area contributed by atoms with Crippen molar-refractivity contribution in [2.75, 3.05) is 0 Å². The van der Waals surface area contributed by atoms with Crippen LogP contribution in [-0.2, 0) is 24.1 Å². The number of aromatic nitrogens is 1. The summed E-state index contributed by atoms with van der Waals surface area (Å²) in [5.41, 5.74) is 5.13. The number of aryl methyl sites for hydroxylation is 3. The molecule has 38 heavy (non-hydrogen) atoms. The highest BCUT2D eigenvalue weighted by atomic mass is 16.4. The summed E-state index contributed by atoms with van der Waals surface area (Å²) in [5, 5.41) is 9.70. The van der Waals surface area contributed by atoms with E-state index in [0.717, 1.165) is 41.8 Å². The first-order chi connectivity index (χ1) is 18.4. The molecule has 0 saturated heterocycles. The lowest BCUT2D eigenvalue weighted by Crippen LogP contribution is -2.22. The Bertz CT molecular complexity index is 1390. The number of carbonyl (C=O) groups excluding carboxylic acids is 1. The molecule has 3 aromatic carbocycles. The normalized spacial score (nSPS) is 12.3. The van der Waals surface area contributed by atoms with Gasteiger partial charge in [0.1, 0.15) is 5.76 Å². The Kier molecular flexibility index (Phi) is 8.98. The van der Waals surface area contributed by atoms with Crippen LogP contribution in [0.5, 0.6) is 0 Å². The van der Waals surface area contributed by atoms with E-state index in [1.807, 2.05) is 67.6 Å². The summed E-state index contributed by atoms with van der Waals surface area (Å²) >= 11 is 0. The monoisotopic (exact) mass is 508 g/mol. The summed E-state index contributed by atoms with van der Waals surface area (Å²) in [4.78, 5) is 33.3.